The van der Waals surface area contributed by atoms with Gasteiger partial charge in [-0.15, -0.1) is 0 Å². The van der Waals surface area contributed by atoms with Crippen molar-refractivity contribution in [2.45, 2.75) is 30.6 Å². The minimum atomic E-state index is -3.80. The molecular formula is C20H22N2O4S. The smallest absolute Gasteiger partial charge is 0.269 e. The molecule has 0 spiro atoms. The SMILES string of the molecule is C[C@H](CNC(=O)CCCN1C(=O)c2ccccc2S1(=O)=O)c1ccccc1. The quantitative estimate of drug-likeness (QED) is 0.793. The first-order chi connectivity index (χ1) is 12.9. The summed E-state index contributed by atoms with van der Waals surface area (Å²) in [5, 5.41) is 2.86. The van der Waals surface area contributed by atoms with Crippen molar-refractivity contribution in [2.24, 2.45) is 0 Å². The van der Waals surface area contributed by atoms with Crippen LogP contribution in [-0.2, 0) is 14.8 Å². The largest absolute Gasteiger partial charge is 0.356 e. The number of fused-ring (bicyclic) bond motifs is 1. The van der Waals surface area contributed by atoms with Crippen molar-refractivity contribution in [3.05, 3.63) is 65.7 Å². The zero-order valence-corrected chi connectivity index (χ0v) is 15.9. The lowest BCUT2D eigenvalue weighted by molar-refractivity contribution is -0.121. The van der Waals surface area contributed by atoms with Crippen LogP contribution in [0.2, 0.25) is 0 Å². The van der Waals surface area contributed by atoms with Crippen molar-refractivity contribution < 1.29 is 18.0 Å². The predicted molar refractivity (Wildman–Crippen MR) is 102 cm³/mol. The van der Waals surface area contributed by atoms with Crippen molar-refractivity contribution in [3.63, 3.8) is 0 Å². The monoisotopic (exact) mass is 386 g/mol. The zero-order chi connectivity index (χ0) is 19.4. The lowest BCUT2D eigenvalue weighted by Gasteiger charge is -2.15. The summed E-state index contributed by atoms with van der Waals surface area (Å²) in [7, 11) is -3.80. The fraction of sp³-hybridized carbons (Fsp3) is 0.300. The number of amides is 2. The molecule has 1 aliphatic rings. The molecule has 0 saturated heterocycles. The summed E-state index contributed by atoms with van der Waals surface area (Å²) in [5.41, 5.74) is 1.34. The van der Waals surface area contributed by atoms with Crippen LogP contribution in [-0.4, -0.2) is 37.6 Å². The zero-order valence-electron chi connectivity index (χ0n) is 15.1. The Morgan fingerprint density at radius 1 is 1.07 bits per heavy atom. The number of carbonyl (C=O) groups excluding carboxylic acids is 2. The molecule has 0 fully saturated rings. The van der Waals surface area contributed by atoms with Gasteiger partial charge in [0.2, 0.25) is 5.91 Å². The fourth-order valence-electron chi connectivity index (χ4n) is 3.09. The molecule has 142 valence electrons. The topological polar surface area (TPSA) is 83.6 Å². The van der Waals surface area contributed by atoms with E-state index in [0.29, 0.717) is 6.54 Å². The van der Waals surface area contributed by atoms with Crippen molar-refractivity contribution >= 4 is 21.8 Å². The highest BCUT2D eigenvalue weighted by Gasteiger charge is 2.40. The molecule has 6 nitrogen and oxygen atoms in total. The number of benzene rings is 2. The van der Waals surface area contributed by atoms with Crippen LogP contribution >= 0.6 is 0 Å². The molecule has 1 heterocycles. The van der Waals surface area contributed by atoms with E-state index in [1.54, 1.807) is 12.1 Å². The van der Waals surface area contributed by atoms with Crippen molar-refractivity contribution in [2.75, 3.05) is 13.1 Å². The first-order valence-electron chi connectivity index (χ1n) is 8.89. The molecule has 0 aromatic heterocycles. The molecule has 0 saturated carbocycles. The normalized spacial score (nSPS) is 16.0. The number of carbonyl (C=O) groups is 2. The Kier molecular flexibility index (Phi) is 5.60. The van der Waals surface area contributed by atoms with Crippen molar-refractivity contribution in [1.82, 2.24) is 9.62 Å². The average molecular weight is 386 g/mol. The summed E-state index contributed by atoms with van der Waals surface area (Å²) in [6.07, 6.45) is 0.446. The van der Waals surface area contributed by atoms with E-state index >= 15 is 0 Å². The molecule has 2 aromatic carbocycles. The van der Waals surface area contributed by atoms with E-state index in [1.165, 1.54) is 12.1 Å². The molecule has 1 N–H and O–H groups in total. The number of nitrogens with one attached hydrogen (secondary N) is 1. The van der Waals surface area contributed by atoms with Gasteiger partial charge in [0.1, 0.15) is 4.90 Å². The minimum Gasteiger partial charge on any atom is -0.356 e. The summed E-state index contributed by atoms with van der Waals surface area (Å²) < 4.78 is 25.8. The van der Waals surface area contributed by atoms with Gasteiger partial charge in [0.05, 0.1) is 5.56 Å². The van der Waals surface area contributed by atoms with Gasteiger partial charge in [-0.1, -0.05) is 49.4 Å². The third-order valence-corrected chi connectivity index (χ3v) is 6.49. The van der Waals surface area contributed by atoms with E-state index in [4.69, 9.17) is 0 Å². The highest BCUT2D eigenvalue weighted by molar-refractivity contribution is 7.90. The molecule has 0 bridgehead atoms. The second-order valence-corrected chi connectivity index (χ2v) is 8.43. The summed E-state index contributed by atoms with van der Waals surface area (Å²) in [5.74, 6) is -0.492. The van der Waals surface area contributed by atoms with Crippen LogP contribution in [0, 0.1) is 0 Å². The van der Waals surface area contributed by atoms with Crippen LogP contribution in [0.5, 0.6) is 0 Å². The summed E-state index contributed by atoms with van der Waals surface area (Å²) in [6, 6.07) is 16.1. The predicted octanol–water partition coefficient (Wildman–Crippen LogP) is 2.53. The number of sulfonamides is 1. The summed E-state index contributed by atoms with van der Waals surface area (Å²) in [6.45, 7) is 2.54. The maximum Gasteiger partial charge on any atom is 0.269 e. The lowest BCUT2D eigenvalue weighted by Crippen LogP contribution is -2.32. The first kappa shape index (κ1) is 19.1. The first-order valence-corrected chi connectivity index (χ1v) is 10.3. The molecule has 0 aliphatic carbocycles. The molecule has 2 aromatic rings. The lowest BCUT2D eigenvalue weighted by atomic mass is 10.0. The van der Waals surface area contributed by atoms with Gasteiger partial charge in [0.15, 0.2) is 0 Å². The highest BCUT2D eigenvalue weighted by atomic mass is 32.2. The third-order valence-electron chi connectivity index (χ3n) is 4.65. The number of rotatable bonds is 7. The number of nitrogens with zero attached hydrogens (tertiary/aromatic N) is 1. The third kappa shape index (κ3) is 4.03. The number of hydrogen-bond donors (Lipinski definition) is 1. The van der Waals surface area contributed by atoms with Crippen molar-refractivity contribution in [1.29, 1.82) is 0 Å². The Labute approximate surface area is 159 Å². The van der Waals surface area contributed by atoms with Crippen LogP contribution in [0.25, 0.3) is 0 Å². The summed E-state index contributed by atoms with van der Waals surface area (Å²) in [4.78, 5) is 24.4. The van der Waals surface area contributed by atoms with E-state index in [-0.39, 0.29) is 41.7 Å². The Morgan fingerprint density at radius 2 is 1.74 bits per heavy atom. The maximum absolute atomic E-state index is 12.4. The molecule has 1 aliphatic heterocycles. The van der Waals surface area contributed by atoms with E-state index in [0.717, 1.165) is 9.87 Å². The minimum absolute atomic E-state index is 0.00247. The van der Waals surface area contributed by atoms with Gasteiger partial charge in [-0.05, 0) is 30.0 Å². The molecular weight excluding hydrogens is 364 g/mol. The number of hydrogen-bond acceptors (Lipinski definition) is 4. The second kappa shape index (κ2) is 7.92. The Bertz CT molecular complexity index is 941. The van der Waals surface area contributed by atoms with Gasteiger partial charge in [0.25, 0.3) is 15.9 Å². The van der Waals surface area contributed by atoms with Crippen LogP contribution in [0.4, 0.5) is 0 Å². The Balaban J connectivity index is 1.49. The summed E-state index contributed by atoms with van der Waals surface area (Å²) >= 11 is 0. The highest BCUT2D eigenvalue weighted by Crippen LogP contribution is 2.29. The average Bonchev–Trinajstić information content (AvgIpc) is 2.87. The van der Waals surface area contributed by atoms with Crippen LogP contribution < -0.4 is 5.32 Å². The van der Waals surface area contributed by atoms with Crippen molar-refractivity contribution in [3.8, 4) is 0 Å². The Hall–Kier alpha value is -2.67. The maximum atomic E-state index is 12.4. The van der Waals surface area contributed by atoms with E-state index in [2.05, 4.69) is 5.32 Å². The molecule has 7 heteroatoms. The Morgan fingerprint density at radius 3 is 2.44 bits per heavy atom. The van der Waals surface area contributed by atoms with Crippen LogP contribution in [0.1, 0.15) is 41.6 Å². The van der Waals surface area contributed by atoms with Gasteiger partial charge >= 0.3 is 0 Å². The van der Waals surface area contributed by atoms with Gasteiger partial charge in [-0.3, -0.25) is 9.59 Å². The molecule has 0 unspecified atom stereocenters. The molecule has 0 radical (unpaired) electrons. The molecule has 1 atom stereocenters. The van der Waals surface area contributed by atoms with E-state index in [1.807, 2.05) is 37.3 Å². The molecule has 27 heavy (non-hydrogen) atoms. The van der Waals surface area contributed by atoms with Gasteiger partial charge in [-0.25, -0.2) is 12.7 Å². The fourth-order valence-corrected chi connectivity index (χ4v) is 4.70. The van der Waals surface area contributed by atoms with Gasteiger partial charge in [-0.2, -0.15) is 0 Å². The van der Waals surface area contributed by atoms with Gasteiger partial charge in [0, 0.05) is 19.5 Å². The molecule has 3 rings (SSSR count). The van der Waals surface area contributed by atoms with E-state index < -0.39 is 15.9 Å². The second-order valence-electron chi connectivity index (χ2n) is 6.60. The van der Waals surface area contributed by atoms with Crippen LogP contribution in [0.15, 0.2) is 59.5 Å². The van der Waals surface area contributed by atoms with Gasteiger partial charge < -0.3 is 5.32 Å². The molecule has 2 amide bonds. The van der Waals surface area contributed by atoms with E-state index in [9.17, 15) is 18.0 Å². The van der Waals surface area contributed by atoms with Crippen LogP contribution in [0.3, 0.4) is 0 Å². The standard InChI is InChI=1S/C20H22N2O4S/c1-15(16-8-3-2-4-9-16)14-21-19(23)12-7-13-22-20(24)17-10-5-6-11-18(17)27(22,25)26/h2-6,8-11,15H,7,12-14H2,1H3,(H,21,23)/t15-/m1/s1.